The van der Waals surface area contributed by atoms with Crippen LogP contribution in [-0.4, -0.2) is 4.57 Å². The predicted octanol–water partition coefficient (Wildman–Crippen LogP) is 4.37. The Morgan fingerprint density at radius 3 is 2.42 bits per heavy atom. The summed E-state index contributed by atoms with van der Waals surface area (Å²) in [5.41, 5.74) is 3.95. The van der Waals surface area contributed by atoms with Gasteiger partial charge in [-0.15, -0.1) is 0 Å². The molecule has 0 aliphatic carbocycles. The molecule has 1 heterocycles. The summed E-state index contributed by atoms with van der Waals surface area (Å²) in [7, 11) is 2.05. The van der Waals surface area contributed by atoms with E-state index in [1.807, 2.05) is 0 Å². The van der Waals surface area contributed by atoms with Gasteiger partial charge in [0.15, 0.2) is 0 Å². The molecule has 2 aromatic rings. The van der Waals surface area contributed by atoms with Gasteiger partial charge in [-0.1, -0.05) is 31.9 Å². The molecule has 0 aliphatic rings. The normalized spacial score (nSPS) is 10.6. The van der Waals surface area contributed by atoms with Crippen LogP contribution in [-0.2, 0) is 20.0 Å². The van der Waals surface area contributed by atoms with E-state index in [2.05, 4.69) is 66.6 Å². The molecule has 19 heavy (non-hydrogen) atoms. The molecule has 0 fully saturated rings. The van der Waals surface area contributed by atoms with Crippen LogP contribution >= 0.6 is 0 Å². The highest BCUT2D eigenvalue weighted by atomic mass is 14.9. The van der Waals surface area contributed by atoms with Gasteiger partial charge in [0.1, 0.15) is 0 Å². The van der Waals surface area contributed by atoms with Gasteiger partial charge in [0.2, 0.25) is 0 Å². The van der Waals surface area contributed by atoms with E-state index in [-0.39, 0.29) is 0 Å². The van der Waals surface area contributed by atoms with Gasteiger partial charge in [-0.25, -0.2) is 0 Å². The van der Waals surface area contributed by atoms with Crippen LogP contribution < -0.4 is 5.32 Å². The minimum atomic E-state index is 0.885. The van der Waals surface area contributed by atoms with Crippen LogP contribution in [0, 0.1) is 0 Å². The van der Waals surface area contributed by atoms with Crippen molar-refractivity contribution in [1.29, 1.82) is 0 Å². The molecule has 0 radical (unpaired) electrons. The number of hydrogen-bond acceptors (Lipinski definition) is 1. The van der Waals surface area contributed by atoms with Crippen LogP contribution in [0.15, 0.2) is 42.7 Å². The number of anilines is 1. The lowest BCUT2D eigenvalue weighted by Crippen LogP contribution is -1.98. The lowest BCUT2D eigenvalue weighted by atomic mass is 10.1. The molecule has 0 bridgehead atoms. The Hall–Kier alpha value is -1.70. The average molecular weight is 256 g/mol. The van der Waals surface area contributed by atoms with Gasteiger partial charge in [0.05, 0.1) is 0 Å². The van der Waals surface area contributed by atoms with Crippen LogP contribution in [0.3, 0.4) is 0 Å². The van der Waals surface area contributed by atoms with E-state index in [4.69, 9.17) is 0 Å². The van der Waals surface area contributed by atoms with Crippen molar-refractivity contribution >= 4 is 5.69 Å². The third-order valence-electron chi connectivity index (χ3n) is 3.41. The zero-order chi connectivity index (χ0) is 13.5. The number of hydrogen-bond donors (Lipinski definition) is 1. The van der Waals surface area contributed by atoms with Gasteiger partial charge in [0.25, 0.3) is 0 Å². The Bertz CT molecular complexity index is 482. The minimum Gasteiger partial charge on any atom is -0.381 e. The molecule has 2 nitrogen and oxygen atoms in total. The highest BCUT2D eigenvalue weighted by Gasteiger charge is 1.97. The summed E-state index contributed by atoms with van der Waals surface area (Å²) < 4.78 is 2.08. The van der Waals surface area contributed by atoms with E-state index in [1.165, 1.54) is 42.5 Å². The van der Waals surface area contributed by atoms with Gasteiger partial charge in [-0.05, 0) is 42.2 Å². The first-order chi connectivity index (χ1) is 9.28. The number of aryl methyl sites for hydroxylation is 2. The van der Waals surface area contributed by atoms with Gasteiger partial charge in [-0.3, -0.25) is 0 Å². The molecule has 1 aromatic carbocycles. The van der Waals surface area contributed by atoms with E-state index in [0.717, 1.165) is 6.54 Å². The van der Waals surface area contributed by atoms with Crippen molar-refractivity contribution in [2.45, 2.75) is 39.2 Å². The summed E-state index contributed by atoms with van der Waals surface area (Å²) in [6, 6.07) is 11.0. The molecule has 1 N–H and O–H groups in total. The Kier molecular flexibility index (Phi) is 5.08. The molecule has 0 amide bonds. The summed E-state index contributed by atoms with van der Waals surface area (Å²) in [6.45, 7) is 3.13. The summed E-state index contributed by atoms with van der Waals surface area (Å²) in [5, 5.41) is 3.46. The van der Waals surface area contributed by atoms with Gasteiger partial charge >= 0.3 is 0 Å². The molecule has 0 aliphatic heterocycles. The zero-order valence-electron chi connectivity index (χ0n) is 12.0. The number of rotatable bonds is 7. The largest absolute Gasteiger partial charge is 0.381 e. The molecule has 2 heteroatoms. The quantitative estimate of drug-likeness (QED) is 0.728. The van der Waals surface area contributed by atoms with Crippen molar-refractivity contribution in [3.05, 3.63) is 53.9 Å². The fourth-order valence-electron chi connectivity index (χ4n) is 2.24. The van der Waals surface area contributed by atoms with Gasteiger partial charge in [-0.2, -0.15) is 0 Å². The Morgan fingerprint density at radius 2 is 1.79 bits per heavy atom. The second-order valence-corrected chi connectivity index (χ2v) is 5.19. The third kappa shape index (κ3) is 4.47. The molecular formula is C17H24N2. The second kappa shape index (κ2) is 7.03. The Labute approximate surface area is 116 Å². The molecule has 0 unspecified atom stereocenters. The first kappa shape index (κ1) is 13.7. The molecule has 0 saturated heterocycles. The SMILES string of the molecule is CCCCCc1ccc(NCc2ccn(C)c2)cc1. The number of aromatic nitrogens is 1. The van der Waals surface area contributed by atoms with Crippen LogP contribution in [0.25, 0.3) is 0 Å². The lowest BCUT2D eigenvalue weighted by Gasteiger charge is -2.06. The fourth-order valence-corrected chi connectivity index (χ4v) is 2.24. The van der Waals surface area contributed by atoms with Crippen molar-refractivity contribution in [2.75, 3.05) is 5.32 Å². The number of unbranched alkanes of at least 4 members (excludes halogenated alkanes) is 2. The smallest absolute Gasteiger partial charge is 0.0415 e. The summed E-state index contributed by atoms with van der Waals surface area (Å²) in [5.74, 6) is 0. The first-order valence-corrected chi connectivity index (χ1v) is 7.21. The lowest BCUT2D eigenvalue weighted by molar-refractivity contribution is 0.717. The second-order valence-electron chi connectivity index (χ2n) is 5.19. The summed E-state index contributed by atoms with van der Waals surface area (Å²) >= 11 is 0. The van der Waals surface area contributed by atoms with E-state index >= 15 is 0 Å². The van der Waals surface area contributed by atoms with Crippen molar-refractivity contribution in [1.82, 2.24) is 4.57 Å². The van der Waals surface area contributed by atoms with Gasteiger partial charge < -0.3 is 9.88 Å². The van der Waals surface area contributed by atoms with Crippen molar-refractivity contribution in [3.63, 3.8) is 0 Å². The molecule has 0 atom stereocenters. The molecule has 0 spiro atoms. The zero-order valence-corrected chi connectivity index (χ0v) is 12.0. The summed E-state index contributed by atoms with van der Waals surface area (Å²) in [6.07, 6.45) is 9.34. The number of nitrogens with zero attached hydrogens (tertiary/aromatic N) is 1. The first-order valence-electron chi connectivity index (χ1n) is 7.21. The standard InChI is InChI=1S/C17H24N2/c1-3-4-5-6-15-7-9-17(10-8-15)18-13-16-11-12-19(2)14-16/h7-12,14,18H,3-6,13H2,1-2H3. The maximum atomic E-state index is 3.46. The van der Waals surface area contributed by atoms with Gasteiger partial charge in [0, 0.05) is 31.7 Å². The van der Waals surface area contributed by atoms with E-state index < -0.39 is 0 Å². The molecule has 1 aromatic heterocycles. The van der Waals surface area contributed by atoms with Crippen molar-refractivity contribution in [3.8, 4) is 0 Å². The van der Waals surface area contributed by atoms with Crippen molar-refractivity contribution < 1.29 is 0 Å². The highest BCUT2D eigenvalue weighted by molar-refractivity contribution is 5.45. The Morgan fingerprint density at radius 1 is 1.00 bits per heavy atom. The third-order valence-corrected chi connectivity index (χ3v) is 3.41. The maximum absolute atomic E-state index is 3.46. The van der Waals surface area contributed by atoms with Crippen LogP contribution in [0.2, 0.25) is 0 Å². The van der Waals surface area contributed by atoms with E-state index in [9.17, 15) is 0 Å². The minimum absolute atomic E-state index is 0.885. The molecule has 102 valence electrons. The topological polar surface area (TPSA) is 17.0 Å². The van der Waals surface area contributed by atoms with Crippen LogP contribution in [0.4, 0.5) is 5.69 Å². The highest BCUT2D eigenvalue weighted by Crippen LogP contribution is 2.13. The molecular weight excluding hydrogens is 232 g/mol. The van der Waals surface area contributed by atoms with Crippen molar-refractivity contribution in [2.24, 2.45) is 7.05 Å². The fraction of sp³-hybridized carbons (Fsp3) is 0.412. The monoisotopic (exact) mass is 256 g/mol. The van der Waals surface area contributed by atoms with Crippen LogP contribution in [0.5, 0.6) is 0 Å². The average Bonchev–Trinajstić information content (AvgIpc) is 2.84. The van der Waals surface area contributed by atoms with E-state index in [1.54, 1.807) is 0 Å². The van der Waals surface area contributed by atoms with E-state index in [0.29, 0.717) is 0 Å². The summed E-state index contributed by atoms with van der Waals surface area (Å²) in [4.78, 5) is 0. The molecule has 2 rings (SSSR count). The maximum Gasteiger partial charge on any atom is 0.0415 e. The Balaban J connectivity index is 1.81. The van der Waals surface area contributed by atoms with Crippen LogP contribution in [0.1, 0.15) is 37.3 Å². The number of benzene rings is 1. The number of nitrogens with one attached hydrogen (secondary N) is 1. The predicted molar refractivity (Wildman–Crippen MR) is 82.4 cm³/mol. The molecule has 0 saturated carbocycles.